The molecule has 1 rings (SSSR count). The molecule has 0 radical (unpaired) electrons. The Balaban J connectivity index is 1.93. The Hall–Kier alpha value is -0.160. The van der Waals surface area contributed by atoms with E-state index in [2.05, 4.69) is 13.8 Å². The molecule has 0 bridgehead atoms. The summed E-state index contributed by atoms with van der Waals surface area (Å²) < 4.78 is 10.5. The van der Waals surface area contributed by atoms with Gasteiger partial charge >= 0.3 is 5.97 Å². The molecule has 4 heteroatoms. The maximum atomic E-state index is 10.2. The molecule has 0 saturated carbocycles. The fourth-order valence-corrected chi connectivity index (χ4v) is 3.32. The number of hydrogen-bond donors (Lipinski definition) is 2. The second kappa shape index (κ2) is 13.1. The Morgan fingerprint density at radius 2 is 1.08 bits per heavy atom. The van der Waals surface area contributed by atoms with Gasteiger partial charge in [0.15, 0.2) is 0 Å². The first-order valence-corrected chi connectivity index (χ1v) is 10.9. The zero-order chi connectivity index (χ0) is 18.4. The van der Waals surface area contributed by atoms with Crippen molar-refractivity contribution >= 4 is 0 Å². The molecule has 0 aromatic carbocycles. The minimum absolute atomic E-state index is 0.445. The smallest absolute Gasteiger partial charge is 0.340 e. The van der Waals surface area contributed by atoms with Gasteiger partial charge in [0.05, 0.1) is 6.61 Å². The van der Waals surface area contributed by atoms with E-state index in [1.165, 1.54) is 70.6 Å². The van der Waals surface area contributed by atoms with E-state index >= 15 is 0 Å². The molecule has 1 heterocycles. The average Bonchev–Trinajstić information content (AvgIpc) is 3.14. The fourth-order valence-electron chi connectivity index (χ4n) is 3.32. The van der Waals surface area contributed by atoms with Gasteiger partial charge in [0.1, 0.15) is 0 Å². The third kappa shape index (κ3) is 9.37. The molecule has 1 aliphatic rings. The highest BCUT2D eigenvalue weighted by molar-refractivity contribution is 4.93. The summed E-state index contributed by atoms with van der Waals surface area (Å²) in [5, 5.41) is 20.3. The highest BCUT2D eigenvalue weighted by atomic mass is 17.0. The molecule has 150 valence electrons. The summed E-state index contributed by atoms with van der Waals surface area (Å²) in [4.78, 5) is 0. The van der Waals surface area contributed by atoms with Crippen molar-refractivity contribution in [3.8, 4) is 0 Å². The molecule has 0 aromatic heterocycles. The standard InChI is InChI=1S/C21H42O4/c1-3-5-7-9-10-11-12-13-14-16-18-20(22)21(23,25-20)24-19-17-15-8-6-4-2/h22-23H,3-19H2,1-2H3. The number of rotatable bonds is 18. The van der Waals surface area contributed by atoms with Crippen molar-refractivity contribution < 1.29 is 19.7 Å². The SMILES string of the molecule is CCCCCCCCCCCCC1(O)OC1(O)OCCCCCCC. The highest BCUT2D eigenvalue weighted by Gasteiger charge is 2.71. The van der Waals surface area contributed by atoms with Crippen LogP contribution in [-0.4, -0.2) is 28.6 Å². The summed E-state index contributed by atoms with van der Waals surface area (Å²) in [5.41, 5.74) is 0. The highest BCUT2D eigenvalue weighted by Crippen LogP contribution is 2.48. The number of epoxide rings is 1. The van der Waals surface area contributed by atoms with Crippen LogP contribution in [0.1, 0.15) is 117 Å². The predicted octanol–water partition coefficient (Wildman–Crippen LogP) is 5.65. The van der Waals surface area contributed by atoms with Gasteiger partial charge in [-0.25, -0.2) is 0 Å². The zero-order valence-electron chi connectivity index (χ0n) is 16.7. The molecule has 25 heavy (non-hydrogen) atoms. The Morgan fingerprint density at radius 1 is 0.640 bits per heavy atom. The lowest BCUT2D eigenvalue weighted by atomic mass is 10.0. The van der Waals surface area contributed by atoms with E-state index in [1.54, 1.807) is 0 Å². The van der Waals surface area contributed by atoms with Crippen LogP contribution in [0.4, 0.5) is 0 Å². The van der Waals surface area contributed by atoms with Crippen LogP contribution in [-0.2, 0) is 9.47 Å². The Morgan fingerprint density at radius 3 is 1.60 bits per heavy atom. The van der Waals surface area contributed by atoms with Gasteiger partial charge in [-0.1, -0.05) is 97.3 Å². The van der Waals surface area contributed by atoms with Gasteiger partial charge in [-0.2, -0.15) is 0 Å². The topological polar surface area (TPSA) is 62.2 Å². The number of unbranched alkanes of at least 4 members (excludes halogenated alkanes) is 13. The summed E-state index contributed by atoms with van der Waals surface area (Å²) in [6.07, 6.45) is 18.6. The molecule has 1 aliphatic heterocycles. The van der Waals surface area contributed by atoms with Crippen molar-refractivity contribution in [1.82, 2.24) is 0 Å². The van der Waals surface area contributed by atoms with Gasteiger partial charge in [-0.15, -0.1) is 0 Å². The lowest BCUT2D eigenvalue weighted by Crippen LogP contribution is -2.29. The maximum Gasteiger partial charge on any atom is 0.340 e. The molecule has 2 atom stereocenters. The fraction of sp³-hybridized carbons (Fsp3) is 1.00. The van der Waals surface area contributed by atoms with E-state index < -0.39 is 11.8 Å². The minimum Gasteiger partial charge on any atom is -0.359 e. The normalized spacial score (nSPS) is 25.4. The lowest BCUT2D eigenvalue weighted by molar-refractivity contribution is -0.204. The van der Waals surface area contributed by atoms with Crippen molar-refractivity contribution in [3.63, 3.8) is 0 Å². The molecule has 2 N–H and O–H groups in total. The first-order valence-electron chi connectivity index (χ1n) is 10.9. The largest absolute Gasteiger partial charge is 0.359 e. The van der Waals surface area contributed by atoms with E-state index in [-0.39, 0.29) is 0 Å². The summed E-state index contributed by atoms with van der Waals surface area (Å²) in [7, 11) is 0. The van der Waals surface area contributed by atoms with Crippen LogP contribution in [0.15, 0.2) is 0 Å². The van der Waals surface area contributed by atoms with E-state index in [1.807, 2.05) is 0 Å². The van der Waals surface area contributed by atoms with Crippen molar-refractivity contribution in [2.24, 2.45) is 0 Å². The van der Waals surface area contributed by atoms with Gasteiger partial charge in [-0.3, -0.25) is 4.74 Å². The second-order valence-corrected chi connectivity index (χ2v) is 7.66. The van der Waals surface area contributed by atoms with Gasteiger partial charge in [0.25, 0.3) is 5.79 Å². The second-order valence-electron chi connectivity index (χ2n) is 7.66. The lowest BCUT2D eigenvalue weighted by Gasteiger charge is -2.11. The number of hydrogen-bond acceptors (Lipinski definition) is 4. The average molecular weight is 359 g/mol. The molecule has 0 spiro atoms. The monoisotopic (exact) mass is 358 g/mol. The Labute approximate surface area is 155 Å². The van der Waals surface area contributed by atoms with Gasteiger partial charge in [-0.05, 0) is 12.8 Å². The van der Waals surface area contributed by atoms with Gasteiger partial charge in [0, 0.05) is 6.42 Å². The molecule has 1 fully saturated rings. The number of ether oxygens (including phenoxy) is 2. The minimum atomic E-state index is -1.75. The van der Waals surface area contributed by atoms with E-state index in [0.29, 0.717) is 13.0 Å². The van der Waals surface area contributed by atoms with Crippen molar-refractivity contribution in [2.45, 2.75) is 128 Å². The van der Waals surface area contributed by atoms with Crippen molar-refractivity contribution in [2.75, 3.05) is 6.61 Å². The predicted molar refractivity (Wildman–Crippen MR) is 102 cm³/mol. The van der Waals surface area contributed by atoms with Crippen LogP contribution >= 0.6 is 0 Å². The third-order valence-corrected chi connectivity index (χ3v) is 5.17. The molecule has 0 aliphatic carbocycles. The molecule has 1 saturated heterocycles. The summed E-state index contributed by atoms with van der Waals surface area (Å²) in [6.45, 7) is 4.88. The molecular weight excluding hydrogens is 316 g/mol. The van der Waals surface area contributed by atoms with Crippen molar-refractivity contribution in [1.29, 1.82) is 0 Å². The molecular formula is C21H42O4. The number of aliphatic hydroxyl groups is 2. The van der Waals surface area contributed by atoms with Crippen molar-refractivity contribution in [3.05, 3.63) is 0 Å². The van der Waals surface area contributed by atoms with E-state index in [9.17, 15) is 10.2 Å². The zero-order valence-corrected chi connectivity index (χ0v) is 16.7. The van der Waals surface area contributed by atoms with Crippen LogP contribution in [0.3, 0.4) is 0 Å². The quantitative estimate of drug-likeness (QED) is 0.189. The van der Waals surface area contributed by atoms with E-state index in [0.717, 1.165) is 25.7 Å². The summed E-state index contributed by atoms with van der Waals surface area (Å²) in [5.74, 6) is -3.23. The Kier molecular flexibility index (Phi) is 12.0. The third-order valence-electron chi connectivity index (χ3n) is 5.17. The van der Waals surface area contributed by atoms with Crippen LogP contribution in [0.2, 0.25) is 0 Å². The molecule has 0 amide bonds. The first-order chi connectivity index (χ1) is 12.1. The van der Waals surface area contributed by atoms with Crippen LogP contribution in [0, 0.1) is 0 Å². The summed E-state index contributed by atoms with van der Waals surface area (Å²) in [6, 6.07) is 0. The maximum absolute atomic E-state index is 10.2. The Bertz CT molecular complexity index is 323. The van der Waals surface area contributed by atoms with Gasteiger partial charge < -0.3 is 14.9 Å². The summed E-state index contributed by atoms with van der Waals surface area (Å²) >= 11 is 0. The van der Waals surface area contributed by atoms with Crippen LogP contribution in [0.5, 0.6) is 0 Å². The first kappa shape index (κ1) is 22.9. The van der Waals surface area contributed by atoms with E-state index in [4.69, 9.17) is 9.47 Å². The van der Waals surface area contributed by atoms with Crippen LogP contribution < -0.4 is 0 Å². The molecule has 0 aromatic rings. The molecule has 4 nitrogen and oxygen atoms in total. The molecule has 2 unspecified atom stereocenters. The van der Waals surface area contributed by atoms with Crippen LogP contribution in [0.25, 0.3) is 0 Å². The van der Waals surface area contributed by atoms with Gasteiger partial charge in [0.2, 0.25) is 0 Å².